The molecule has 2 aromatic rings. The second-order valence-electron chi connectivity index (χ2n) is 7.41. The Kier molecular flexibility index (Phi) is 7.57. The number of carbonyl (C=O) groups is 2. The Hall–Kier alpha value is -3.27. The second-order valence-corrected chi connectivity index (χ2v) is 7.41. The van der Waals surface area contributed by atoms with E-state index in [4.69, 9.17) is 14.2 Å². The molecule has 10 nitrogen and oxygen atoms in total. The number of amides is 2. The molecular formula is C22H31N5O5. The summed E-state index contributed by atoms with van der Waals surface area (Å²) in [6, 6.07) is 4.98. The lowest BCUT2D eigenvalue weighted by atomic mass is 10.1. The molecule has 3 N–H and O–H groups in total. The zero-order valence-electron chi connectivity index (χ0n) is 19.2. The van der Waals surface area contributed by atoms with Crippen LogP contribution in [-0.2, 0) is 4.79 Å². The van der Waals surface area contributed by atoms with Gasteiger partial charge in [-0.3, -0.25) is 14.9 Å². The number of carbonyl (C=O) groups excluding carboxylic acids is 2. The largest absolute Gasteiger partial charge is 0.490 e. The smallest absolute Gasteiger partial charge is 0.257 e. The highest BCUT2D eigenvalue weighted by molar-refractivity contribution is 6.04. The molecule has 1 saturated heterocycles. The van der Waals surface area contributed by atoms with Crippen LogP contribution in [0.4, 0.5) is 5.82 Å². The van der Waals surface area contributed by atoms with Gasteiger partial charge in [-0.2, -0.15) is 5.10 Å². The molecule has 10 heteroatoms. The third-order valence-corrected chi connectivity index (χ3v) is 4.75. The molecule has 1 aliphatic heterocycles. The standard InChI is InChI=1S/C22H31N5O5/c1-6-30-16-11-15(12-17(31-7-2)20(16)32-8-3)21(29)24-18-9-14(5)26-27(18)22-23-13(4)10-19(28)25-22/h9,11-13,22-23H,6-8,10H2,1-5H3,(H,24,29)(H,25,28). The predicted octanol–water partition coefficient (Wildman–Crippen LogP) is 2.59. The topological polar surface area (TPSA) is 116 Å². The van der Waals surface area contributed by atoms with Gasteiger partial charge in [-0.25, -0.2) is 4.68 Å². The van der Waals surface area contributed by atoms with Gasteiger partial charge in [-0.1, -0.05) is 0 Å². The Morgan fingerprint density at radius 3 is 2.31 bits per heavy atom. The Morgan fingerprint density at radius 2 is 1.75 bits per heavy atom. The summed E-state index contributed by atoms with van der Waals surface area (Å²) in [4.78, 5) is 25.1. The Morgan fingerprint density at radius 1 is 1.12 bits per heavy atom. The number of aromatic nitrogens is 2. The zero-order chi connectivity index (χ0) is 23.3. The normalized spacial score (nSPS) is 18.1. The fourth-order valence-electron chi connectivity index (χ4n) is 3.51. The van der Waals surface area contributed by atoms with Crippen molar-refractivity contribution in [2.45, 2.75) is 53.4 Å². The fourth-order valence-corrected chi connectivity index (χ4v) is 3.51. The molecule has 0 saturated carbocycles. The van der Waals surface area contributed by atoms with Crippen molar-refractivity contribution in [2.24, 2.45) is 0 Å². The SMILES string of the molecule is CCOc1cc(C(=O)Nc2cc(C)nn2C2NC(=O)CC(C)N2)cc(OCC)c1OCC. The predicted molar refractivity (Wildman–Crippen MR) is 119 cm³/mol. The van der Waals surface area contributed by atoms with Crippen LogP contribution in [0.1, 0.15) is 56.5 Å². The summed E-state index contributed by atoms with van der Waals surface area (Å²) in [5.74, 6) is 1.34. The van der Waals surface area contributed by atoms with Gasteiger partial charge in [0.1, 0.15) is 5.82 Å². The minimum Gasteiger partial charge on any atom is -0.490 e. The van der Waals surface area contributed by atoms with Crippen molar-refractivity contribution in [3.8, 4) is 17.2 Å². The minimum atomic E-state index is -0.562. The van der Waals surface area contributed by atoms with E-state index in [2.05, 4.69) is 21.0 Å². The number of hydrogen-bond acceptors (Lipinski definition) is 7. The molecule has 2 heterocycles. The monoisotopic (exact) mass is 445 g/mol. The molecule has 0 radical (unpaired) electrons. The lowest BCUT2D eigenvalue weighted by Crippen LogP contribution is -2.52. The van der Waals surface area contributed by atoms with E-state index >= 15 is 0 Å². The molecule has 2 atom stereocenters. The number of hydrogen-bond donors (Lipinski definition) is 3. The summed E-state index contributed by atoms with van der Waals surface area (Å²) in [6.07, 6.45) is -0.182. The number of anilines is 1. The Bertz CT molecular complexity index is 947. The molecular weight excluding hydrogens is 414 g/mol. The number of benzene rings is 1. The van der Waals surface area contributed by atoms with Crippen LogP contribution in [0.3, 0.4) is 0 Å². The third kappa shape index (κ3) is 5.31. The van der Waals surface area contributed by atoms with Gasteiger partial charge in [0.05, 0.1) is 25.5 Å². The van der Waals surface area contributed by atoms with E-state index < -0.39 is 6.29 Å². The summed E-state index contributed by atoms with van der Waals surface area (Å²) in [5.41, 5.74) is 1.05. The highest BCUT2D eigenvalue weighted by atomic mass is 16.5. The first kappa shape index (κ1) is 23.4. The fraction of sp³-hybridized carbons (Fsp3) is 0.500. The van der Waals surface area contributed by atoms with Crippen LogP contribution in [0.15, 0.2) is 18.2 Å². The average Bonchev–Trinajstić information content (AvgIpc) is 3.10. The minimum absolute atomic E-state index is 0.0181. The molecule has 0 spiro atoms. The van der Waals surface area contributed by atoms with Gasteiger partial charge in [0, 0.05) is 24.1 Å². The highest BCUT2D eigenvalue weighted by Gasteiger charge is 2.27. The van der Waals surface area contributed by atoms with Gasteiger partial charge >= 0.3 is 0 Å². The van der Waals surface area contributed by atoms with E-state index in [1.807, 2.05) is 34.6 Å². The van der Waals surface area contributed by atoms with Crippen LogP contribution in [0.5, 0.6) is 17.2 Å². The molecule has 3 rings (SSSR count). The van der Waals surface area contributed by atoms with Gasteiger partial charge in [-0.05, 0) is 46.8 Å². The molecule has 2 unspecified atom stereocenters. The maximum atomic E-state index is 13.2. The molecule has 0 bridgehead atoms. The van der Waals surface area contributed by atoms with Crippen molar-refractivity contribution in [2.75, 3.05) is 25.1 Å². The maximum Gasteiger partial charge on any atom is 0.257 e. The van der Waals surface area contributed by atoms with Gasteiger partial charge < -0.3 is 24.8 Å². The maximum absolute atomic E-state index is 13.2. The van der Waals surface area contributed by atoms with Crippen molar-refractivity contribution < 1.29 is 23.8 Å². The molecule has 0 aliphatic carbocycles. The molecule has 174 valence electrons. The first-order chi connectivity index (χ1) is 15.4. The first-order valence-electron chi connectivity index (χ1n) is 10.9. The molecule has 2 amide bonds. The van der Waals surface area contributed by atoms with Gasteiger partial charge in [0.2, 0.25) is 11.7 Å². The summed E-state index contributed by atoms with van der Waals surface area (Å²) in [7, 11) is 0. The van der Waals surface area contributed by atoms with E-state index in [-0.39, 0.29) is 17.9 Å². The second kappa shape index (κ2) is 10.4. The number of nitrogens with zero attached hydrogens (tertiary/aromatic N) is 2. The highest BCUT2D eigenvalue weighted by Crippen LogP contribution is 2.39. The van der Waals surface area contributed by atoms with E-state index in [0.717, 1.165) is 0 Å². The summed E-state index contributed by atoms with van der Waals surface area (Å²) in [5, 5.41) is 13.4. The van der Waals surface area contributed by atoms with Gasteiger partial charge in [0.15, 0.2) is 17.8 Å². The van der Waals surface area contributed by atoms with Crippen LogP contribution in [0.25, 0.3) is 0 Å². The number of rotatable bonds is 9. The number of ether oxygens (including phenoxy) is 3. The van der Waals surface area contributed by atoms with Crippen LogP contribution in [0, 0.1) is 6.92 Å². The molecule has 1 fully saturated rings. The van der Waals surface area contributed by atoms with Crippen LogP contribution < -0.4 is 30.2 Å². The van der Waals surface area contributed by atoms with Crippen LogP contribution >= 0.6 is 0 Å². The molecule has 32 heavy (non-hydrogen) atoms. The third-order valence-electron chi connectivity index (χ3n) is 4.75. The Labute approximate surface area is 187 Å². The number of aryl methyl sites for hydroxylation is 1. The average molecular weight is 446 g/mol. The van der Waals surface area contributed by atoms with Crippen LogP contribution in [0.2, 0.25) is 0 Å². The number of nitrogens with one attached hydrogen (secondary N) is 3. The molecule has 1 aliphatic rings. The summed E-state index contributed by atoms with van der Waals surface area (Å²) < 4.78 is 18.7. The van der Waals surface area contributed by atoms with Crippen molar-refractivity contribution in [3.63, 3.8) is 0 Å². The van der Waals surface area contributed by atoms with E-state index in [1.54, 1.807) is 22.9 Å². The van der Waals surface area contributed by atoms with Crippen molar-refractivity contribution >= 4 is 17.6 Å². The van der Waals surface area contributed by atoms with Crippen molar-refractivity contribution in [1.29, 1.82) is 0 Å². The first-order valence-corrected chi connectivity index (χ1v) is 10.9. The van der Waals surface area contributed by atoms with Crippen molar-refractivity contribution in [1.82, 2.24) is 20.4 Å². The molecule has 1 aromatic carbocycles. The van der Waals surface area contributed by atoms with E-state index in [0.29, 0.717) is 60.6 Å². The van der Waals surface area contributed by atoms with Gasteiger partial charge in [0.25, 0.3) is 5.91 Å². The van der Waals surface area contributed by atoms with Crippen LogP contribution in [-0.4, -0.2) is 47.5 Å². The lowest BCUT2D eigenvalue weighted by molar-refractivity contribution is -0.125. The Balaban J connectivity index is 1.91. The van der Waals surface area contributed by atoms with E-state index in [1.165, 1.54) is 0 Å². The zero-order valence-corrected chi connectivity index (χ0v) is 19.2. The summed E-state index contributed by atoms with van der Waals surface area (Å²) in [6.45, 7) is 10.6. The van der Waals surface area contributed by atoms with Gasteiger partial charge in [-0.15, -0.1) is 0 Å². The summed E-state index contributed by atoms with van der Waals surface area (Å²) >= 11 is 0. The molecule has 1 aromatic heterocycles. The van der Waals surface area contributed by atoms with E-state index in [9.17, 15) is 9.59 Å². The lowest BCUT2D eigenvalue weighted by Gasteiger charge is -2.30. The quantitative estimate of drug-likeness (QED) is 0.543. The van der Waals surface area contributed by atoms with Crippen molar-refractivity contribution in [3.05, 3.63) is 29.5 Å².